The van der Waals surface area contributed by atoms with Gasteiger partial charge in [-0.1, -0.05) is 32.9 Å². The van der Waals surface area contributed by atoms with Gasteiger partial charge in [-0.2, -0.15) is 0 Å². The summed E-state index contributed by atoms with van der Waals surface area (Å²) in [5.41, 5.74) is 1.99. The Bertz CT molecular complexity index is 805. The predicted octanol–water partition coefficient (Wildman–Crippen LogP) is 3.52. The summed E-state index contributed by atoms with van der Waals surface area (Å²) in [5, 5.41) is 6.25. The zero-order chi connectivity index (χ0) is 20.1. The Morgan fingerprint density at radius 1 is 1.07 bits per heavy atom. The highest BCUT2D eigenvalue weighted by atomic mass is 16.1. The van der Waals surface area contributed by atoms with Gasteiger partial charge in [-0.25, -0.2) is 9.97 Å². The van der Waals surface area contributed by atoms with Crippen molar-refractivity contribution in [1.29, 1.82) is 0 Å². The summed E-state index contributed by atoms with van der Waals surface area (Å²) in [6.45, 7) is 11.7. The van der Waals surface area contributed by atoms with Crippen LogP contribution in [-0.2, 0) is 5.41 Å². The molecule has 150 valence electrons. The highest BCUT2D eigenvalue weighted by Gasteiger charge is 2.16. The first-order valence-electron chi connectivity index (χ1n) is 10.1. The number of carbonyl (C=O) groups is 1. The summed E-state index contributed by atoms with van der Waals surface area (Å²) in [5.74, 6) is 2.49. The highest BCUT2D eigenvalue weighted by molar-refractivity contribution is 5.94. The van der Waals surface area contributed by atoms with Gasteiger partial charge in [-0.3, -0.25) is 4.79 Å². The largest absolute Gasteiger partial charge is 0.368 e. The molecule has 1 aliphatic rings. The number of hydrogen-bond donors (Lipinski definition) is 2. The number of aromatic nitrogens is 2. The lowest BCUT2D eigenvalue weighted by Crippen LogP contribution is -2.29. The number of nitrogens with zero attached hydrogens (tertiary/aromatic N) is 3. The Hall–Kier alpha value is -2.63. The first-order chi connectivity index (χ1) is 13.3. The molecular weight excluding hydrogens is 350 g/mol. The van der Waals surface area contributed by atoms with Crippen LogP contribution in [0.1, 0.15) is 55.4 Å². The number of anilines is 2. The highest BCUT2D eigenvalue weighted by Crippen LogP contribution is 2.22. The summed E-state index contributed by atoms with van der Waals surface area (Å²) in [6, 6.07) is 9.82. The number of aryl methyl sites for hydroxylation is 1. The third kappa shape index (κ3) is 5.21. The molecule has 2 aromatic rings. The van der Waals surface area contributed by atoms with Gasteiger partial charge in [0.15, 0.2) is 0 Å². The minimum absolute atomic E-state index is 0.0566. The average molecular weight is 382 g/mol. The molecule has 0 atom stereocenters. The Morgan fingerprint density at radius 2 is 1.75 bits per heavy atom. The van der Waals surface area contributed by atoms with E-state index in [9.17, 15) is 4.79 Å². The Kier molecular flexibility index (Phi) is 6.17. The van der Waals surface area contributed by atoms with E-state index in [1.807, 2.05) is 37.3 Å². The van der Waals surface area contributed by atoms with Crippen molar-refractivity contribution in [2.75, 3.05) is 36.4 Å². The Labute approximate surface area is 167 Å². The molecule has 1 aromatic carbocycles. The summed E-state index contributed by atoms with van der Waals surface area (Å²) in [4.78, 5) is 23.6. The van der Waals surface area contributed by atoms with Crippen molar-refractivity contribution in [2.45, 2.75) is 46.0 Å². The molecule has 6 heteroatoms. The van der Waals surface area contributed by atoms with Crippen LogP contribution in [0, 0.1) is 6.92 Å². The quantitative estimate of drug-likeness (QED) is 0.749. The lowest BCUT2D eigenvalue weighted by Gasteiger charge is -2.19. The summed E-state index contributed by atoms with van der Waals surface area (Å²) in [6.07, 6.45) is 2.43. The first-order valence-corrected chi connectivity index (χ1v) is 10.1. The maximum absolute atomic E-state index is 12.3. The lowest BCUT2D eigenvalue weighted by atomic mass is 9.87. The van der Waals surface area contributed by atoms with Crippen molar-refractivity contribution in [2.24, 2.45) is 0 Å². The zero-order valence-corrected chi connectivity index (χ0v) is 17.4. The molecule has 1 saturated heterocycles. The van der Waals surface area contributed by atoms with E-state index in [1.165, 1.54) is 18.4 Å². The summed E-state index contributed by atoms with van der Waals surface area (Å²) in [7, 11) is 0. The summed E-state index contributed by atoms with van der Waals surface area (Å²) < 4.78 is 0. The van der Waals surface area contributed by atoms with Crippen LogP contribution >= 0.6 is 0 Å². The average Bonchev–Trinajstić information content (AvgIpc) is 3.19. The molecule has 0 spiro atoms. The van der Waals surface area contributed by atoms with E-state index in [0.29, 0.717) is 18.7 Å². The van der Waals surface area contributed by atoms with Crippen LogP contribution in [0.2, 0.25) is 0 Å². The van der Waals surface area contributed by atoms with Gasteiger partial charge in [0.1, 0.15) is 17.5 Å². The van der Waals surface area contributed by atoms with E-state index >= 15 is 0 Å². The Morgan fingerprint density at radius 3 is 2.39 bits per heavy atom. The smallest absolute Gasteiger partial charge is 0.251 e. The lowest BCUT2D eigenvalue weighted by molar-refractivity contribution is 0.0955. The van der Waals surface area contributed by atoms with Crippen LogP contribution in [0.5, 0.6) is 0 Å². The third-order valence-corrected chi connectivity index (χ3v) is 4.98. The monoisotopic (exact) mass is 381 g/mol. The second-order valence-electron chi connectivity index (χ2n) is 8.36. The van der Waals surface area contributed by atoms with Crippen LogP contribution < -0.4 is 15.5 Å². The predicted molar refractivity (Wildman–Crippen MR) is 114 cm³/mol. The molecule has 6 nitrogen and oxygen atoms in total. The first kappa shape index (κ1) is 20.1. The van der Waals surface area contributed by atoms with E-state index in [2.05, 4.69) is 46.3 Å². The van der Waals surface area contributed by atoms with Gasteiger partial charge in [0.05, 0.1) is 0 Å². The molecule has 1 aromatic heterocycles. The Balaban J connectivity index is 1.49. The number of rotatable bonds is 6. The fraction of sp³-hybridized carbons (Fsp3) is 0.500. The van der Waals surface area contributed by atoms with Crippen molar-refractivity contribution in [3.63, 3.8) is 0 Å². The summed E-state index contributed by atoms with van der Waals surface area (Å²) >= 11 is 0. The van der Waals surface area contributed by atoms with Gasteiger partial charge in [0.25, 0.3) is 5.91 Å². The molecule has 0 bridgehead atoms. The minimum atomic E-state index is -0.0566. The zero-order valence-electron chi connectivity index (χ0n) is 17.4. The fourth-order valence-electron chi connectivity index (χ4n) is 3.34. The molecule has 2 N–H and O–H groups in total. The van der Waals surface area contributed by atoms with Crippen LogP contribution in [-0.4, -0.2) is 42.1 Å². The number of carbonyl (C=O) groups excluding carboxylic acids is 1. The third-order valence-electron chi connectivity index (χ3n) is 4.98. The van der Waals surface area contributed by atoms with Gasteiger partial charge in [-0.15, -0.1) is 0 Å². The number of benzene rings is 1. The van der Waals surface area contributed by atoms with Gasteiger partial charge in [0, 0.05) is 37.8 Å². The van der Waals surface area contributed by atoms with Gasteiger partial charge in [0.2, 0.25) is 0 Å². The molecule has 28 heavy (non-hydrogen) atoms. The van der Waals surface area contributed by atoms with E-state index in [0.717, 1.165) is 30.5 Å². The number of nitrogens with one attached hydrogen (secondary N) is 2. The van der Waals surface area contributed by atoms with E-state index < -0.39 is 0 Å². The molecule has 0 saturated carbocycles. The molecule has 2 heterocycles. The SMILES string of the molecule is Cc1nc(NCCNC(=O)c2ccc(C(C)(C)C)cc2)cc(N2CCCC2)n1. The van der Waals surface area contributed by atoms with Crippen LogP contribution in [0.4, 0.5) is 11.6 Å². The van der Waals surface area contributed by atoms with Gasteiger partial charge < -0.3 is 15.5 Å². The van der Waals surface area contributed by atoms with Gasteiger partial charge in [-0.05, 0) is 42.9 Å². The normalized spacial score (nSPS) is 14.2. The van der Waals surface area contributed by atoms with Gasteiger partial charge >= 0.3 is 0 Å². The van der Waals surface area contributed by atoms with Crippen molar-refractivity contribution >= 4 is 17.5 Å². The van der Waals surface area contributed by atoms with E-state index in [1.54, 1.807) is 0 Å². The topological polar surface area (TPSA) is 70.2 Å². The van der Waals surface area contributed by atoms with Crippen molar-refractivity contribution < 1.29 is 4.79 Å². The number of hydrogen-bond acceptors (Lipinski definition) is 5. The standard InChI is InChI=1S/C22H31N5O/c1-16-25-19(15-20(26-16)27-13-5-6-14-27)23-11-12-24-21(28)17-7-9-18(10-8-17)22(2,3)4/h7-10,15H,5-6,11-14H2,1-4H3,(H,24,28)(H,23,25,26). The maximum atomic E-state index is 12.3. The van der Waals surface area contributed by atoms with Crippen LogP contribution in [0.15, 0.2) is 30.3 Å². The molecule has 0 radical (unpaired) electrons. The number of amides is 1. The van der Waals surface area contributed by atoms with Crippen molar-refractivity contribution in [1.82, 2.24) is 15.3 Å². The van der Waals surface area contributed by atoms with E-state index in [4.69, 9.17) is 0 Å². The second-order valence-corrected chi connectivity index (χ2v) is 8.36. The second kappa shape index (κ2) is 8.59. The molecule has 3 rings (SSSR count). The fourth-order valence-corrected chi connectivity index (χ4v) is 3.34. The molecular formula is C22H31N5O. The maximum Gasteiger partial charge on any atom is 0.251 e. The van der Waals surface area contributed by atoms with Crippen molar-refractivity contribution in [3.05, 3.63) is 47.3 Å². The van der Waals surface area contributed by atoms with E-state index in [-0.39, 0.29) is 11.3 Å². The van der Waals surface area contributed by atoms with Crippen LogP contribution in [0.25, 0.3) is 0 Å². The molecule has 1 amide bonds. The molecule has 0 aliphatic carbocycles. The van der Waals surface area contributed by atoms with Crippen LogP contribution in [0.3, 0.4) is 0 Å². The minimum Gasteiger partial charge on any atom is -0.368 e. The van der Waals surface area contributed by atoms with Crippen molar-refractivity contribution in [3.8, 4) is 0 Å². The molecule has 1 fully saturated rings. The molecule has 1 aliphatic heterocycles. The molecule has 0 unspecified atom stereocenters.